The van der Waals surface area contributed by atoms with Crippen molar-refractivity contribution in [3.8, 4) is 0 Å². The minimum absolute atomic E-state index is 0.0512. The molecule has 0 aromatic carbocycles. The lowest BCUT2D eigenvalue weighted by atomic mass is 9.56. The average Bonchev–Trinajstić information content (AvgIpc) is 2.77. The SMILES string of the molecule is OC[C@@H]1OCC(B2CC2)C1O. The van der Waals surface area contributed by atoms with Crippen LogP contribution in [0.5, 0.6) is 0 Å². The van der Waals surface area contributed by atoms with Gasteiger partial charge in [-0.15, -0.1) is 0 Å². The summed E-state index contributed by atoms with van der Waals surface area (Å²) in [6.07, 6.45) is 1.71. The van der Waals surface area contributed by atoms with Gasteiger partial charge in [-0.05, 0) is 5.82 Å². The molecule has 0 radical (unpaired) electrons. The number of rotatable bonds is 2. The van der Waals surface area contributed by atoms with Gasteiger partial charge in [0.15, 0.2) is 0 Å². The van der Waals surface area contributed by atoms with Gasteiger partial charge in [0.05, 0.1) is 12.7 Å². The highest BCUT2D eigenvalue weighted by Gasteiger charge is 2.46. The number of aliphatic hydroxyl groups excluding tert-OH is 2. The maximum atomic E-state index is 9.57. The molecule has 0 amide bonds. The third kappa shape index (κ3) is 1.30. The molecule has 4 heteroatoms. The van der Waals surface area contributed by atoms with Crippen molar-refractivity contribution in [1.29, 1.82) is 0 Å². The molecule has 0 aliphatic carbocycles. The van der Waals surface area contributed by atoms with Crippen molar-refractivity contribution in [1.82, 2.24) is 0 Å². The van der Waals surface area contributed by atoms with Gasteiger partial charge in [-0.1, -0.05) is 12.6 Å². The molecule has 0 saturated carbocycles. The monoisotopic (exact) mass is 156 g/mol. The van der Waals surface area contributed by atoms with Crippen LogP contribution in [0.3, 0.4) is 0 Å². The van der Waals surface area contributed by atoms with Crippen LogP contribution in [-0.2, 0) is 4.74 Å². The van der Waals surface area contributed by atoms with E-state index in [0.29, 0.717) is 19.1 Å². The predicted molar refractivity (Wildman–Crippen MR) is 42.0 cm³/mol. The normalized spacial score (nSPS) is 43.1. The molecular formula is C7H13BO3. The molecule has 2 N–H and O–H groups in total. The van der Waals surface area contributed by atoms with Gasteiger partial charge in [0.2, 0.25) is 0 Å². The summed E-state index contributed by atoms with van der Waals surface area (Å²) in [6.45, 7) is 1.25. The molecule has 2 saturated heterocycles. The van der Waals surface area contributed by atoms with Crippen molar-refractivity contribution in [3.05, 3.63) is 0 Å². The van der Waals surface area contributed by atoms with Crippen LogP contribution in [0.4, 0.5) is 0 Å². The van der Waals surface area contributed by atoms with Crippen LogP contribution in [0.25, 0.3) is 0 Å². The fourth-order valence-corrected chi connectivity index (χ4v) is 1.81. The lowest BCUT2D eigenvalue weighted by Crippen LogP contribution is -2.29. The summed E-state index contributed by atoms with van der Waals surface area (Å²) in [5.74, 6) is 0.298. The van der Waals surface area contributed by atoms with Crippen molar-refractivity contribution >= 4 is 6.71 Å². The minimum atomic E-state index is -0.424. The second-order valence-corrected chi connectivity index (χ2v) is 3.55. The van der Waals surface area contributed by atoms with Gasteiger partial charge in [-0.3, -0.25) is 0 Å². The van der Waals surface area contributed by atoms with Crippen LogP contribution < -0.4 is 0 Å². The molecule has 0 aromatic rings. The number of aliphatic hydroxyl groups is 2. The largest absolute Gasteiger partial charge is 0.394 e. The van der Waals surface area contributed by atoms with E-state index < -0.39 is 6.10 Å². The van der Waals surface area contributed by atoms with Gasteiger partial charge in [0, 0.05) is 6.61 Å². The molecule has 0 spiro atoms. The molecule has 11 heavy (non-hydrogen) atoms. The summed E-state index contributed by atoms with van der Waals surface area (Å²) < 4.78 is 5.23. The van der Waals surface area contributed by atoms with Crippen LogP contribution >= 0.6 is 0 Å². The van der Waals surface area contributed by atoms with Gasteiger partial charge in [0.1, 0.15) is 12.8 Å². The van der Waals surface area contributed by atoms with Crippen LogP contribution in [0, 0.1) is 0 Å². The zero-order valence-electron chi connectivity index (χ0n) is 6.44. The lowest BCUT2D eigenvalue weighted by molar-refractivity contribution is 0.00405. The number of hydrogen-bond acceptors (Lipinski definition) is 3. The molecule has 2 aliphatic heterocycles. The van der Waals surface area contributed by atoms with Gasteiger partial charge >= 0.3 is 0 Å². The second kappa shape index (κ2) is 2.77. The summed E-state index contributed by atoms with van der Waals surface area (Å²) in [5.41, 5.74) is 0. The van der Waals surface area contributed by atoms with Gasteiger partial charge in [0.25, 0.3) is 0 Å². The van der Waals surface area contributed by atoms with E-state index in [1.54, 1.807) is 0 Å². The maximum absolute atomic E-state index is 9.57. The van der Waals surface area contributed by atoms with Crippen molar-refractivity contribution in [2.45, 2.75) is 30.7 Å². The summed E-state index contributed by atoms with van der Waals surface area (Å²) in [7, 11) is 0. The Bertz CT molecular complexity index is 149. The fourth-order valence-electron chi connectivity index (χ4n) is 1.81. The Kier molecular flexibility index (Phi) is 1.91. The molecule has 3 atom stereocenters. The first-order valence-corrected chi connectivity index (χ1v) is 4.23. The first-order valence-electron chi connectivity index (χ1n) is 4.23. The molecule has 0 bridgehead atoms. The van der Waals surface area contributed by atoms with E-state index in [2.05, 4.69) is 0 Å². The first-order chi connectivity index (χ1) is 5.33. The summed E-state index contributed by atoms with van der Waals surface area (Å²) in [6, 6.07) is 0. The molecule has 2 heterocycles. The highest BCUT2D eigenvalue weighted by molar-refractivity contribution is 6.71. The third-order valence-corrected chi connectivity index (χ3v) is 2.73. The van der Waals surface area contributed by atoms with Crippen molar-refractivity contribution < 1.29 is 14.9 Å². The standard InChI is InChI=1S/C7H13BO3/c9-3-6-7(10)5(4-11-6)8-1-2-8/h5-7,9-10H,1-4H2/t5?,6-,7?/m0/s1. The Morgan fingerprint density at radius 1 is 1.45 bits per heavy atom. The minimum Gasteiger partial charge on any atom is -0.394 e. The summed E-state index contributed by atoms with van der Waals surface area (Å²) in [4.78, 5) is 0. The molecule has 2 aliphatic rings. The van der Waals surface area contributed by atoms with E-state index >= 15 is 0 Å². The highest BCUT2D eigenvalue weighted by Crippen LogP contribution is 2.40. The number of hydrogen-bond donors (Lipinski definition) is 2. The van der Waals surface area contributed by atoms with Crippen LogP contribution in [0.2, 0.25) is 18.5 Å². The Hall–Kier alpha value is -0.0551. The van der Waals surface area contributed by atoms with Gasteiger partial charge in [-0.2, -0.15) is 0 Å². The van der Waals surface area contributed by atoms with E-state index in [9.17, 15) is 5.11 Å². The first kappa shape index (κ1) is 7.59. The van der Waals surface area contributed by atoms with Gasteiger partial charge in [-0.25, -0.2) is 0 Å². The smallest absolute Gasteiger partial charge is 0.148 e. The van der Waals surface area contributed by atoms with Crippen LogP contribution in [0.1, 0.15) is 0 Å². The second-order valence-electron chi connectivity index (χ2n) is 3.55. The Labute approximate surface area is 66.4 Å². The molecular weight excluding hydrogens is 143 g/mol. The topological polar surface area (TPSA) is 49.7 Å². The summed E-state index contributed by atoms with van der Waals surface area (Å²) in [5, 5.41) is 18.3. The van der Waals surface area contributed by atoms with E-state index in [1.165, 1.54) is 12.6 Å². The predicted octanol–water partition coefficient (Wildman–Crippen LogP) is -0.383. The van der Waals surface area contributed by atoms with Crippen molar-refractivity contribution in [2.24, 2.45) is 0 Å². The molecule has 3 nitrogen and oxygen atoms in total. The Balaban J connectivity index is 1.93. The highest BCUT2D eigenvalue weighted by atomic mass is 16.5. The quantitative estimate of drug-likeness (QED) is 0.535. The third-order valence-electron chi connectivity index (χ3n) is 2.73. The molecule has 2 unspecified atom stereocenters. The van der Waals surface area contributed by atoms with E-state index in [-0.39, 0.29) is 12.7 Å². The zero-order valence-corrected chi connectivity index (χ0v) is 6.44. The van der Waals surface area contributed by atoms with Crippen molar-refractivity contribution in [2.75, 3.05) is 13.2 Å². The fraction of sp³-hybridized carbons (Fsp3) is 1.00. The Morgan fingerprint density at radius 2 is 2.18 bits per heavy atom. The molecule has 0 aromatic heterocycles. The zero-order chi connectivity index (χ0) is 7.84. The van der Waals surface area contributed by atoms with Crippen LogP contribution in [-0.4, -0.2) is 42.3 Å². The van der Waals surface area contributed by atoms with E-state index in [4.69, 9.17) is 9.84 Å². The maximum Gasteiger partial charge on any atom is 0.148 e. The molecule has 2 fully saturated rings. The van der Waals surface area contributed by atoms with E-state index in [1.807, 2.05) is 0 Å². The average molecular weight is 156 g/mol. The number of ether oxygens (including phenoxy) is 1. The lowest BCUT2D eigenvalue weighted by Gasteiger charge is -2.13. The molecule has 2 rings (SSSR count). The van der Waals surface area contributed by atoms with E-state index in [0.717, 1.165) is 0 Å². The Morgan fingerprint density at radius 3 is 2.64 bits per heavy atom. The van der Waals surface area contributed by atoms with Gasteiger partial charge < -0.3 is 14.9 Å². The molecule has 62 valence electrons. The summed E-state index contributed by atoms with van der Waals surface area (Å²) >= 11 is 0. The van der Waals surface area contributed by atoms with Crippen molar-refractivity contribution in [3.63, 3.8) is 0 Å². The van der Waals surface area contributed by atoms with Crippen LogP contribution in [0.15, 0.2) is 0 Å².